The van der Waals surface area contributed by atoms with Gasteiger partial charge < -0.3 is 4.52 Å². The van der Waals surface area contributed by atoms with Gasteiger partial charge in [-0.15, -0.1) is 0 Å². The predicted octanol–water partition coefficient (Wildman–Crippen LogP) is 3.66. The zero-order chi connectivity index (χ0) is 14.7. The van der Waals surface area contributed by atoms with Gasteiger partial charge in [-0.1, -0.05) is 24.2 Å². The highest BCUT2D eigenvalue weighted by Gasteiger charge is 2.11. The number of rotatable bonds is 4. The number of nitrogens with zero attached hydrogens (tertiary/aromatic N) is 3. The van der Waals surface area contributed by atoms with Crippen molar-refractivity contribution in [1.82, 2.24) is 15.1 Å². The number of hydrogen-bond acceptors (Lipinski definition) is 5. The third kappa shape index (κ3) is 3.31. The lowest BCUT2D eigenvalue weighted by atomic mass is 10.1. The molecule has 21 heavy (non-hydrogen) atoms. The summed E-state index contributed by atoms with van der Waals surface area (Å²) < 4.78 is 5.36. The van der Waals surface area contributed by atoms with E-state index in [0.717, 1.165) is 17.5 Å². The summed E-state index contributed by atoms with van der Waals surface area (Å²) in [4.78, 5) is 8.43. The minimum absolute atomic E-state index is 0.315. The van der Waals surface area contributed by atoms with Crippen LogP contribution in [0.3, 0.4) is 0 Å². The molecule has 0 bridgehead atoms. The van der Waals surface area contributed by atoms with E-state index in [1.807, 2.05) is 24.3 Å². The van der Waals surface area contributed by atoms with Gasteiger partial charge >= 0.3 is 0 Å². The molecule has 0 aliphatic rings. The van der Waals surface area contributed by atoms with Gasteiger partial charge in [0.25, 0.3) is 5.89 Å². The zero-order valence-corrected chi connectivity index (χ0v) is 12.5. The molecule has 0 aliphatic carbocycles. The largest absolute Gasteiger partial charge is 0.334 e. The highest BCUT2D eigenvalue weighted by atomic mass is 32.1. The average molecular weight is 297 g/mol. The van der Waals surface area contributed by atoms with Crippen molar-refractivity contribution in [3.8, 4) is 22.8 Å². The number of hydrogen-bond donors (Lipinski definition) is 1. The molecule has 1 aromatic carbocycles. The van der Waals surface area contributed by atoms with Crippen LogP contribution in [0.1, 0.15) is 12.5 Å². The molecule has 106 valence electrons. The lowest BCUT2D eigenvalue weighted by Gasteiger charge is -2.04. The van der Waals surface area contributed by atoms with Crippen molar-refractivity contribution in [3.63, 3.8) is 0 Å². The summed E-state index contributed by atoms with van der Waals surface area (Å²) in [7, 11) is 0. The minimum Gasteiger partial charge on any atom is -0.334 e. The standard InChI is InChI=1S/C16H15N3OS/c1-11(21)9-12-3-2-4-14(10-12)16-18-15(19-20-16)13-5-7-17-8-6-13/h2-8,10-11,21H,9H2,1H3. The summed E-state index contributed by atoms with van der Waals surface area (Å²) in [6.45, 7) is 2.07. The highest BCUT2D eigenvalue weighted by molar-refractivity contribution is 7.80. The van der Waals surface area contributed by atoms with E-state index < -0.39 is 0 Å². The van der Waals surface area contributed by atoms with Crippen LogP contribution >= 0.6 is 12.6 Å². The molecule has 0 aliphatic heterocycles. The fraction of sp³-hybridized carbons (Fsp3) is 0.188. The van der Waals surface area contributed by atoms with Crippen molar-refractivity contribution < 1.29 is 4.52 Å². The number of aromatic nitrogens is 3. The first-order chi connectivity index (χ1) is 10.2. The Morgan fingerprint density at radius 2 is 1.95 bits per heavy atom. The fourth-order valence-electron chi connectivity index (χ4n) is 2.13. The van der Waals surface area contributed by atoms with Crippen LogP contribution in [0, 0.1) is 0 Å². The summed E-state index contributed by atoms with van der Waals surface area (Å²) in [6.07, 6.45) is 4.32. The molecule has 0 saturated heterocycles. The maximum absolute atomic E-state index is 5.36. The Kier molecular flexibility index (Phi) is 4.01. The third-order valence-electron chi connectivity index (χ3n) is 3.07. The lowest BCUT2D eigenvalue weighted by molar-refractivity contribution is 0.432. The van der Waals surface area contributed by atoms with Gasteiger partial charge in [-0.05, 0) is 36.2 Å². The van der Waals surface area contributed by atoms with Gasteiger partial charge in [-0.25, -0.2) is 0 Å². The summed E-state index contributed by atoms with van der Waals surface area (Å²) in [5, 5.41) is 4.34. The summed E-state index contributed by atoms with van der Waals surface area (Å²) in [6, 6.07) is 11.8. The summed E-state index contributed by atoms with van der Waals surface area (Å²) >= 11 is 4.43. The fourth-order valence-corrected chi connectivity index (χ4v) is 2.34. The SMILES string of the molecule is CC(S)Cc1cccc(-c2nc(-c3ccncc3)no2)c1. The molecule has 0 amide bonds. The van der Waals surface area contributed by atoms with E-state index in [1.54, 1.807) is 12.4 Å². The molecule has 0 spiro atoms. The minimum atomic E-state index is 0.315. The predicted molar refractivity (Wildman–Crippen MR) is 85.1 cm³/mol. The van der Waals surface area contributed by atoms with Crippen LogP contribution in [0.2, 0.25) is 0 Å². The zero-order valence-electron chi connectivity index (χ0n) is 11.6. The number of benzene rings is 1. The maximum Gasteiger partial charge on any atom is 0.258 e. The molecule has 4 nitrogen and oxygen atoms in total. The van der Waals surface area contributed by atoms with Crippen molar-refractivity contribution in [2.75, 3.05) is 0 Å². The Morgan fingerprint density at radius 3 is 2.71 bits per heavy atom. The van der Waals surface area contributed by atoms with E-state index in [0.29, 0.717) is 17.0 Å². The van der Waals surface area contributed by atoms with Gasteiger partial charge in [0.15, 0.2) is 0 Å². The maximum atomic E-state index is 5.36. The molecule has 1 atom stereocenters. The van der Waals surface area contributed by atoms with E-state index in [4.69, 9.17) is 4.52 Å². The Bertz CT molecular complexity index is 725. The Morgan fingerprint density at radius 1 is 1.14 bits per heavy atom. The van der Waals surface area contributed by atoms with Crippen LogP contribution in [0.15, 0.2) is 53.3 Å². The van der Waals surface area contributed by atoms with E-state index in [2.05, 4.69) is 46.8 Å². The van der Waals surface area contributed by atoms with Crippen molar-refractivity contribution in [2.24, 2.45) is 0 Å². The second-order valence-electron chi connectivity index (χ2n) is 4.91. The summed E-state index contributed by atoms with van der Waals surface area (Å²) in [5.74, 6) is 1.09. The van der Waals surface area contributed by atoms with Crippen LogP contribution < -0.4 is 0 Å². The van der Waals surface area contributed by atoms with E-state index in [-0.39, 0.29) is 0 Å². The van der Waals surface area contributed by atoms with Gasteiger partial charge in [0.2, 0.25) is 5.82 Å². The van der Waals surface area contributed by atoms with Crippen molar-refractivity contribution >= 4 is 12.6 Å². The molecule has 3 rings (SSSR count). The van der Waals surface area contributed by atoms with Crippen LogP contribution in [0.25, 0.3) is 22.8 Å². The molecule has 0 radical (unpaired) electrons. The topological polar surface area (TPSA) is 51.8 Å². The Balaban J connectivity index is 1.90. The number of thiol groups is 1. The van der Waals surface area contributed by atoms with Gasteiger partial charge in [-0.3, -0.25) is 4.98 Å². The van der Waals surface area contributed by atoms with Crippen molar-refractivity contribution in [3.05, 3.63) is 54.4 Å². The lowest BCUT2D eigenvalue weighted by Crippen LogP contribution is -1.97. The van der Waals surface area contributed by atoms with Crippen LogP contribution in [-0.2, 0) is 6.42 Å². The molecular formula is C16H15N3OS. The average Bonchev–Trinajstić information content (AvgIpc) is 2.98. The van der Waals surface area contributed by atoms with Crippen molar-refractivity contribution in [2.45, 2.75) is 18.6 Å². The molecule has 0 N–H and O–H groups in total. The molecule has 5 heteroatoms. The second-order valence-corrected chi connectivity index (χ2v) is 5.79. The van der Waals surface area contributed by atoms with E-state index >= 15 is 0 Å². The van der Waals surface area contributed by atoms with Gasteiger partial charge in [-0.2, -0.15) is 17.6 Å². The molecule has 2 heterocycles. The monoisotopic (exact) mass is 297 g/mol. The quantitative estimate of drug-likeness (QED) is 0.747. The van der Waals surface area contributed by atoms with Crippen LogP contribution in [0.5, 0.6) is 0 Å². The van der Waals surface area contributed by atoms with Crippen molar-refractivity contribution in [1.29, 1.82) is 0 Å². The Labute approximate surface area is 128 Å². The Hall–Kier alpha value is -2.14. The summed E-state index contributed by atoms with van der Waals surface area (Å²) in [5.41, 5.74) is 3.02. The van der Waals surface area contributed by atoms with Crippen LogP contribution in [0.4, 0.5) is 0 Å². The second kappa shape index (κ2) is 6.10. The highest BCUT2D eigenvalue weighted by Crippen LogP contribution is 2.23. The van der Waals surface area contributed by atoms with Gasteiger partial charge in [0.05, 0.1) is 0 Å². The van der Waals surface area contributed by atoms with Gasteiger partial charge in [0.1, 0.15) is 0 Å². The number of pyridine rings is 1. The smallest absolute Gasteiger partial charge is 0.258 e. The first-order valence-corrected chi connectivity index (χ1v) is 7.25. The molecule has 2 aromatic heterocycles. The van der Waals surface area contributed by atoms with E-state index in [1.165, 1.54) is 5.56 Å². The first kappa shape index (κ1) is 13.8. The van der Waals surface area contributed by atoms with E-state index in [9.17, 15) is 0 Å². The van der Waals surface area contributed by atoms with Gasteiger partial charge in [0, 0.05) is 28.8 Å². The third-order valence-corrected chi connectivity index (χ3v) is 3.25. The molecule has 0 saturated carbocycles. The normalized spacial score (nSPS) is 12.3. The molecule has 3 aromatic rings. The molecule has 1 unspecified atom stereocenters. The first-order valence-electron chi connectivity index (χ1n) is 6.74. The molecular weight excluding hydrogens is 282 g/mol. The molecule has 0 fully saturated rings. The van der Waals surface area contributed by atoms with Crippen LogP contribution in [-0.4, -0.2) is 20.4 Å².